The van der Waals surface area contributed by atoms with Crippen molar-refractivity contribution in [2.75, 3.05) is 4.90 Å². The van der Waals surface area contributed by atoms with E-state index in [9.17, 15) is 9.18 Å². The number of hydrogen-bond acceptors (Lipinski definition) is 3. The summed E-state index contributed by atoms with van der Waals surface area (Å²) in [6.45, 7) is 0. The number of thioether (sulfide) groups is 1. The van der Waals surface area contributed by atoms with Crippen LogP contribution in [0.3, 0.4) is 0 Å². The van der Waals surface area contributed by atoms with Crippen LogP contribution < -0.4 is 4.90 Å². The van der Waals surface area contributed by atoms with E-state index in [4.69, 9.17) is 17.0 Å². The van der Waals surface area contributed by atoms with E-state index in [2.05, 4.69) is 0 Å². The van der Waals surface area contributed by atoms with E-state index in [1.54, 1.807) is 42.5 Å². The van der Waals surface area contributed by atoms with Crippen molar-refractivity contribution in [3.8, 4) is 0 Å². The lowest BCUT2D eigenvalue weighted by atomic mass is 10.2. The average molecular weight is 333 g/mol. The van der Waals surface area contributed by atoms with Crippen LogP contribution >= 0.6 is 23.4 Å². The van der Waals surface area contributed by atoms with Gasteiger partial charge in [0.05, 0.1) is 10.6 Å². The molecule has 0 aliphatic carbocycles. The number of hydrogen-bond donors (Lipinski definition) is 1. The number of carbonyl (C=O) groups excluding carboxylic acids is 1. The van der Waals surface area contributed by atoms with Gasteiger partial charge in [0.25, 0.3) is 5.91 Å². The Bertz CT molecular complexity index is 772. The number of carbonyl (C=O) groups is 1. The zero-order valence-corrected chi connectivity index (χ0v) is 12.8. The molecule has 0 saturated carbocycles. The Morgan fingerprint density at radius 1 is 1.09 bits per heavy atom. The van der Waals surface area contributed by atoms with Crippen molar-refractivity contribution < 1.29 is 9.18 Å². The first-order valence-corrected chi connectivity index (χ1v) is 7.58. The number of nitrogens with zero attached hydrogens (tertiary/aromatic N) is 1. The molecule has 1 aliphatic rings. The minimum atomic E-state index is -0.330. The summed E-state index contributed by atoms with van der Waals surface area (Å²) in [5.74, 6) is -0.607. The largest absolute Gasteiger partial charge is 0.278 e. The SMILES string of the molecule is N=C1S/C(=C\c2ccc(F)cc2)C(=O)N1c1ccc(Cl)cc1. The van der Waals surface area contributed by atoms with Crippen LogP contribution in [0.2, 0.25) is 5.02 Å². The topological polar surface area (TPSA) is 44.2 Å². The summed E-state index contributed by atoms with van der Waals surface area (Å²) < 4.78 is 12.9. The van der Waals surface area contributed by atoms with E-state index in [-0.39, 0.29) is 16.9 Å². The molecule has 0 atom stereocenters. The van der Waals surface area contributed by atoms with Crippen LogP contribution in [0.4, 0.5) is 10.1 Å². The number of amidine groups is 1. The molecule has 0 unspecified atom stereocenters. The summed E-state index contributed by atoms with van der Waals surface area (Å²) in [6, 6.07) is 12.6. The van der Waals surface area contributed by atoms with Gasteiger partial charge in [-0.3, -0.25) is 15.1 Å². The van der Waals surface area contributed by atoms with E-state index in [1.807, 2.05) is 0 Å². The Morgan fingerprint density at radius 2 is 1.73 bits per heavy atom. The Balaban J connectivity index is 1.91. The Kier molecular flexibility index (Phi) is 4.00. The first kappa shape index (κ1) is 14.8. The van der Waals surface area contributed by atoms with Crippen molar-refractivity contribution in [2.24, 2.45) is 0 Å². The quantitative estimate of drug-likeness (QED) is 0.821. The van der Waals surface area contributed by atoms with E-state index >= 15 is 0 Å². The maximum absolute atomic E-state index is 12.9. The predicted molar refractivity (Wildman–Crippen MR) is 88.6 cm³/mol. The van der Waals surface area contributed by atoms with Gasteiger partial charge in [-0.2, -0.15) is 0 Å². The summed E-state index contributed by atoms with van der Waals surface area (Å²) in [4.78, 5) is 14.2. The number of nitrogens with one attached hydrogen (secondary N) is 1. The lowest BCUT2D eigenvalue weighted by Gasteiger charge is -2.14. The normalized spacial score (nSPS) is 16.6. The third kappa shape index (κ3) is 2.91. The lowest BCUT2D eigenvalue weighted by Crippen LogP contribution is -2.27. The van der Waals surface area contributed by atoms with Crippen molar-refractivity contribution >= 4 is 46.2 Å². The summed E-state index contributed by atoms with van der Waals surface area (Å²) in [5.41, 5.74) is 1.30. The molecule has 0 radical (unpaired) electrons. The lowest BCUT2D eigenvalue weighted by molar-refractivity contribution is -0.113. The Morgan fingerprint density at radius 3 is 2.36 bits per heavy atom. The zero-order chi connectivity index (χ0) is 15.7. The fourth-order valence-corrected chi connectivity index (χ4v) is 3.01. The zero-order valence-electron chi connectivity index (χ0n) is 11.2. The second-order valence-corrected chi connectivity index (χ2v) is 6.05. The predicted octanol–water partition coefficient (Wildman–Crippen LogP) is 4.53. The summed E-state index contributed by atoms with van der Waals surface area (Å²) >= 11 is 6.91. The van der Waals surface area contributed by atoms with E-state index < -0.39 is 0 Å². The first-order valence-electron chi connectivity index (χ1n) is 6.38. The smallest absolute Gasteiger partial charge is 0.271 e. The monoisotopic (exact) mass is 332 g/mol. The highest BCUT2D eigenvalue weighted by atomic mass is 35.5. The van der Waals surface area contributed by atoms with Crippen LogP contribution in [-0.4, -0.2) is 11.1 Å². The number of anilines is 1. The van der Waals surface area contributed by atoms with E-state index in [1.165, 1.54) is 17.0 Å². The van der Waals surface area contributed by atoms with Gasteiger partial charge in [-0.25, -0.2) is 4.39 Å². The maximum Gasteiger partial charge on any atom is 0.271 e. The summed E-state index contributed by atoms with van der Waals surface area (Å²) in [5, 5.41) is 8.68. The molecule has 6 heteroatoms. The van der Waals surface area contributed by atoms with Crippen molar-refractivity contribution in [2.45, 2.75) is 0 Å². The Labute approximate surface area is 135 Å². The third-order valence-electron chi connectivity index (χ3n) is 3.08. The minimum absolute atomic E-state index is 0.126. The maximum atomic E-state index is 12.9. The molecule has 1 aliphatic heterocycles. The van der Waals surface area contributed by atoms with Crippen LogP contribution in [-0.2, 0) is 4.79 Å². The molecular formula is C16H10ClFN2OS. The number of rotatable bonds is 2. The van der Waals surface area contributed by atoms with Crippen molar-refractivity contribution in [1.29, 1.82) is 5.41 Å². The van der Waals surface area contributed by atoms with Gasteiger partial charge in [0.1, 0.15) is 5.82 Å². The minimum Gasteiger partial charge on any atom is -0.278 e. The third-order valence-corrected chi connectivity index (χ3v) is 4.22. The van der Waals surface area contributed by atoms with Gasteiger partial charge in [-0.1, -0.05) is 23.7 Å². The highest BCUT2D eigenvalue weighted by Crippen LogP contribution is 2.35. The molecule has 22 heavy (non-hydrogen) atoms. The molecule has 1 fully saturated rings. The van der Waals surface area contributed by atoms with Gasteiger partial charge in [0.2, 0.25) is 0 Å². The molecule has 0 spiro atoms. The molecule has 2 aromatic carbocycles. The average Bonchev–Trinajstić information content (AvgIpc) is 2.77. The van der Waals surface area contributed by atoms with Gasteiger partial charge in [-0.05, 0) is 59.8 Å². The fraction of sp³-hybridized carbons (Fsp3) is 0. The van der Waals surface area contributed by atoms with E-state index in [0.29, 0.717) is 21.2 Å². The van der Waals surface area contributed by atoms with Crippen LogP contribution in [0.1, 0.15) is 5.56 Å². The molecule has 1 N–H and O–H groups in total. The number of amides is 1. The van der Waals surface area contributed by atoms with Gasteiger partial charge < -0.3 is 0 Å². The number of benzene rings is 2. The van der Waals surface area contributed by atoms with Crippen LogP contribution in [0, 0.1) is 11.2 Å². The van der Waals surface area contributed by atoms with Crippen molar-refractivity contribution in [3.05, 3.63) is 69.8 Å². The van der Waals surface area contributed by atoms with Gasteiger partial charge in [0.15, 0.2) is 5.17 Å². The standard InChI is InChI=1S/C16H10ClFN2OS/c17-11-3-7-13(8-4-11)20-15(21)14(22-16(20)19)9-10-1-5-12(18)6-2-10/h1-9,19H/b14-9-,19-16?. The molecule has 0 aromatic heterocycles. The van der Waals surface area contributed by atoms with Crippen LogP contribution in [0.5, 0.6) is 0 Å². The molecule has 110 valence electrons. The number of halogens is 2. The summed E-state index contributed by atoms with van der Waals surface area (Å²) in [7, 11) is 0. The second-order valence-electron chi connectivity index (χ2n) is 4.58. The van der Waals surface area contributed by atoms with Crippen LogP contribution in [0.15, 0.2) is 53.4 Å². The molecule has 1 saturated heterocycles. The molecule has 0 bridgehead atoms. The van der Waals surface area contributed by atoms with Gasteiger partial charge in [0, 0.05) is 5.02 Å². The van der Waals surface area contributed by atoms with Crippen molar-refractivity contribution in [1.82, 2.24) is 0 Å². The van der Waals surface area contributed by atoms with Gasteiger partial charge >= 0.3 is 0 Å². The molecule has 3 nitrogen and oxygen atoms in total. The van der Waals surface area contributed by atoms with Crippen molar-refractivity contribution in [3.63, 3.8) is 0 Å². The molecular weight excluding hydrogens is 323 g/mol. The summed E-state index contributed by atoms with van der Waals surface area (Å²) in [6.07, 6.45) is 1.65. The first-order chi connectivity index (χ1) is 10.5. The highest BCUT2D eigenvalue weighted by molar-refractivity contribution is 8.19. The van der Waals surface area contributed by atoms with E-state index in [0.717, 1.165) is 11.8 Å². The Hall–Kier alpha value is -2.11. The second kappa shape index (κ2) is 5.94. The molecule has 3 rings (SSSR count). The molecule has 1 heterocycles. The molecule has 2 aromatic rings. The fourth-order valence-electron chi connectivity index (χ4n) is 2.02. The van der Waals surface area contributed by atoms with Crippen LogP contribution in [0.25, 0.3) is 6.08 Å². The molecule has 1 amide bonds. The highest BCUT2D eigenvalue weighted by Gasteiger charge is 2.33. The van der Waals surface area contributed by atoms with Gasteiger partial charge in [-0.15, -0.1) is 0 Å².